The maximum Gasteiger partial charge on any atom is 0.243 e. The van der Waals surface area contributed by atoms with E-state index in [2.05, 4.69) is 47.5 Å². The fraction of sp³-hybridized carbons (Fsp3) is 0.566. The van der Waals surface area contributed by atoms with Crippen LogP contribution in [0.2, 0.25) is 0 Å². The molecule has 0 aliphatic carbocycles. The first-order valence-corrected chi connectivity index (χ1v) is 27.0. The molecule has 0 saturated carbocycles. The van der Waals surface area contributed by atoms with Gasteiger partial charge in [0.2, 0.25) is 53.2 Å². The molecule has 3 aromatic rings. The summed E-state index contributed by atoms with van der Waals surface area (Å²) in [6.07, 6.45) is 3.85. The van der Waals surface area contributed by atoms with Gasteiger partial charge in [-0.1, -0.05) is 77.8 Å². The number of carbonyl (C=O) groups excluding carboxylic acids is 9. The second kappa shape index (κ2) is 32.9. The van der Waals surface area contributed by atoms with E-state index in [-0.39, 0.29) is 44.2 Å². The van der Waals surface area contributed by atoms with E-state index in [1.807, 2.05) is 56.0 Å². The minimum absolute atomic E-state index is 0.0261. The number of hydrogen-bond acceptors (Lipinski definition) is 11. The van der Waals surface area contributed by atoms with E-state index in [1.165, 1.54) is 13.8 Å². The number of hydrogen-bond donors (Lipinski definition) is 11. The Morgan fingerprint density at radius 2 is 1.30 bits per heavy atom. The molecule has 0 spiro atoms. The van der Waals surface area contributed by atoms with Crippen LogP contribution in [0.3, 0.4) is 0 Å². The molecular formula is C53H80Cl2N12O9. The summed E-state index contributed by atoms with van der Waals surface area (Å²) in [5, 5.41) is 22.7. The number of unbranched alkanes of at least 4 members (excludes halogenated alkanes) is 1. The van der Waals surface area contributed by atoms with Crippen LogP contribution in [0.4, 0.5) is 5.69 Å². The van der Waals surface area contributed by atoms with Crippen LogP contribution in [0, 0.1) is 11.8 Å². The highest BCUT2D eigenvalue weighted by Crippen LogP contribution is 2.20. The van der Waals surface area contributed by atoms with E-state index in [9.17, 15) is 43.2 Å². The van der Waals surface area contributed by atoms with Crippen LogP contribution >= 0.6 is 23.2 Å². The Balaban J connectivity index is 1.80. The molecule has 0 radical (unpaired) electrons. The van der Waals surface area contributed by atoms with E-state index >= 15 is 0 Å². The third-order valence-corrected chi connectivity index (χ3v) is 12.9. The van der Waals surface area contributed by atoms with Gasteiger partial charge in [-0.05, 0) is 67.3 Å². The van der Waals surface area contributed by atoms with Gasteiger partial charge in [-0.25, -0.2) is 0 Å². The number of amides is 9. The standard InChI is InChI=1S/C53H80Cl2N12O9/c1-8-9-13-41(48(57)71)59-29-37(25-31(2)3)63-46(70)30-60-53(76)47(32(4)5)66-49(72)33(6)61-51(74)44(27-36-28-58-40-14-11-10-12-39(36)40)65-50(73)42(19-20-45(56)69)64-52(75)43(62-34(7)68)26-35-15-17-38(18-16-35)67(23-21-54)24-22-55/h10-12,14-18,28,31-33,37,41-44,47,58-59H,8-9,13,19-27,29-30H2,1-7H3,(H2,56,69)(H2,57,71)(H,60,76)(H,61,74)(H,62,68)(H,63,70)(H,64,75)(H,65,73)(H,66,72)/t33-,37-,41-,42-,43-,44-,47-/m0/s1. The second-order valence-corrected chi connectivity index (χ2v) is 20.5. The van der Waals surface area contributed by atoms with E-state index in [1.54, 1.807) is 38.2 Å². The summed E-state index contributed by atoms with van der Waals surface area (Å²) in [5.74, 6) is -5.54. The minimum Gasteiger partial charge on any atom is -0.370 e. The van der Waals surface area contributed by atoms with Crippen molar-refractivity contribution in [3.63, 3.8) is 0 Å². The van der Waals surface area contributed by atoms with Gasteiger partial charge in [0.1, 0.15) is 30.2 Å². The van der Waals surface area contributed by atoms with Gasteiger partial charge in [-0.2, -0.15) is 0 Å². The average Bonchev–Trinajstić information content (AvgIpc) is 3.77. The van der Waals surface area contributed by atoms with Gasteiger partial charge in [-0.3, -0.25) is 43.2 Å². The number of benzene rings is 2. The number of rotatable bonds is 35. The zero-order valence-electron chi connectivity index (χ0n) is 44.8. The van der Waals surface area contributed by atoms with Crippen LogP contribution in [0.5, 0.6) is 0 Å². The zero-order chi connectivity index (χ0) is 56.5. The number of para-hydroxylation sites is 1. The number of nitrogens with one attached hydrogen (secondary N) is 9. The summed E-state index contributed by atoms with van der Waals surface area (Å²) in [7, 11) is 0. The quantitative estimate of drug-likeness (QED) is 0.0378. The number of aromatic amines is 1. The molecule has 7 atom stereocenters. The topological polar surface area (TPSA) is 321 Å². The lowest BCUT2D eigenvalue weighted by molar-refractivity contribution is -0.135. The van der Waals surface area contributed by atoms with E-state index in [0.29, 0.717) is 48.8 Å². The Bertz CT molecular complexity index is 2400. The van der Waals surface area contributed by atoms with Gasteiger partial charge < -0.3 is 63.9 Å². The maximum atomic E-state index is 14.3. The first-order valence-electron chi connectivity index (χ1n) is 25.9. The number of carbonyl (C=O) groups is 9. The van der Waals surface area contributed by atoms with Crippen LogP contribution < -0.4 is 58.9 Å². The van der Waals surface area contributed by atoms with Crippen molar-refractivity contribution in [1.82, 2.24) is 47.5 Å². The summed E-state index contributed by atoms with van der Waals surface area (Å²) < 4.78 is 0. The molecule has 1 heterocycles. The van der Waals surface area contributed by atoms with Gasteiger partial charge in [0, 0.05) is 86.4 Å². The lowest BCUT2D eigenvalue weighted by Crippen LogP contribution is -2.59. The molecule has 0 bridgehead atoms. The molecule has 21 nitrogen and oxygen atoms in total. The highest BCUT2D eigenvalue weighted by atomic mass is 35.5. The van der Waals surface area contributed by atoms with Crippen LogP contribution in [-0.2, 0) is 56.0 Å². The van der Waals surface area contributed by atoms with Crippen molar-refractivity contribution in [3.8, 4) is 0 Å². The monoisotopic (exact) mass is 1100 g/mol. The van der Waals surface area contributed by atoms with Gasteiger partial charge in [0.15, 0.2) is 0 Å². The Labute approximate surface area is 456 Å². The van der Waals surface area contributed by atoms with Gasteiger partial charge in [0.05, 0.1) is 12.6 Å². The number of fused-ring (bicyclic) bond motifs is 1. The highest BCUT2D eigenvalue weighted by Gasteiger charge is 2.33. The molecule has 420 valence electrons. The smallest absolute Gasteiger partial charge is 0.243 e. The molecule has 0 aliphatic heterocycles. The molecule has 0 unspecified atom stereocenters. The number of alkyl halides is 2. The molecule has 76 heavy (non-hydrogen) atoms. The molecule has 23 heteroatoms. The molecule has 0 saturated heterocycles. The van der Waals surface area contributed by atoms with Crippen LogP contribution in [-0.4, -0.2) is 138 Å². The third kappa shape index (κ3) is 22.0. The second-order valence-electron chi connectivity index (χ2n) is 19.8. The van der Waals surface area contributed by atoms with Crippen LogP contribution in [0.15, 0.2) is 54.7 Å². The summed E-state index contributed by atoms with van der Waals surface area (Å²) in [5.41, 5.74) is 14.0. The van der Waals surface area contributed by atoms with Crippen molar-refractivity contribution in [2.75, 3.05) is 42.8 Å². The molecule has 13 N–H and O–H groups in total. The van der Waals surface area contributed by atoms with Gasteiger partial charge in [0.25, 0.3) is 0 Å². The fourth-order valence-corrected chi connectivity index (χ4v) is 8.89. The number of nitrogens with zero attached hydrogens (tertiary/aromatic N) is 1. The van der Waals surface area contributed by atoms with Crippen LogP contribution in [0.1, 0.15) is 98.1 Å². The molecule has 0 fully saturated rings. The number of aromatic nitrogens is 1. The van der Waals surface area contributed by atoms with Gasteiger partial charge in [-0.15, -0.1) is 23.2 Å². The first kappa shape index (κ1) is 63.8. The molecule has 1 aromatic heterocycles. The van der Waals surface area contributed by atoms with Crippen molar-refractivity contribution in [3.05, 3.63) is 65.9 Å². The third-order valence-electron chi connectivity index (χ3n) is 12.5. The summed E-state index contributed by atoms with van der Waals surface area (Å²) in [4.78, 5) is 125. The molecule has 0 aliphatic rings. The largest absolute Gasteiger partial charge is 0.370 e. The normalized spacial score (nSPS) is 14.0. The van der Waals surface area contributed by atoms with Crippen molar-refractivity contribution in [1.29, 1.82) is 0 Å². The number of nitrogens with two attached hydrogens (primary N) is 2. The predicted molar refractivity (Wildman–Crippen MR) is 295 cm³/mol. The van der Waals surface area contributed by atoms with Crippen LogP contribution in [0.25, 0.3) is 10.9 Å². The Hall–Kier alpha value is -6.45. The lowest BCUT2D eigenvalue weighted by atomic mass is 10.0. The Morgan fingerprint density at radius 1 is 0.684 bits per heavy atom. The number of halogens is 2. The summed E-state index contributed by atoms with van der Waals surface area (Å²) >= 11 is 12.0. The molecular weight excluding hydrogens is 1020 g/mol. The first-order chi connectivity index (χ1) is 36.1. The minimum atomic E-state index is -1.42. The van der Waals surface area contributed by atoms with E-state index in [0.717, 1.165) is 29.4 Å². The van der Waals surface area contributed by atoms with Gasteiger partial charge >= 0.3 is 0 Å². The van der Waals surface area contributed by atoms with E-state index in [4.69, 9.17) is 34.7 Å². The summed E-state index contributed by atoms with van der Waals surface area (Å²) in [6.45, 7) is 13.0. The van der Waals surface area contributed by atoms with E-state index < -0.39 is 102 Å². The number of anilines is 1. The molecule has 3 rings (SSSR count). The van der Waals surface area contributed by atoms with Crippen molar-refractivity contribution < 1.29 is 43.2 Å². The fourth-order valence-electron chi connectivity index (χ4n) is 8.49. The van der Waals surface area contributed by atoms with Crippen molar-refractivity contribution in [2.24, 2.45) is 23.3 Å². The Morgan fingerprint density at radius 3 is 1.89 bits per heavy atom. The summed E-state index contributed by atoms with van der Waals surface area (Å²) in [6, 6.07) is 7.29. The number of H-pyrrole nitrogens is 1. The Kier molecular flexibility index (Phi) is 27.6. The maximum absolute atomic E-state index is 14.3. The predicted octanol–water partition coefficient (Wildman–Crippen LogP) is 1.90. The van der Waals surface area contributed by atoms with Crippen molar-refractivity contribution in [2.45, 2.75) is 142 Å². The number of primary amides is 2. The molecule has 2 aromatic carbocycles. The SMILES string of the molecule is CCCC[C@H](NC[C@H](CC(C)C)NC(=O)CNC(=O)[C@@H](NC(=O)[C@H](C)NC(=O)[C@H](Cc1c[nH]c2ccccc12)NC(=O)[C@H](CCC(N)=O)NC(=O)[C@H](Cc1ccc(N(CCCl)CCCl)cc1)NC(C)=O)C(C)C)C(N)=O. The lowest BCUT2D eigenvalue weighted by Gasteiger charge is -2.27. The van der Waals surface area contributed by atoms with Crippen molar-refractivity contribution >= 4 is 93.0 Å². The zero-order valence-corrected chi connectivity index (χ0v) is 46.3. The average molecular weight is 1100 g/mol. The molecule has 9 amide bonds. The highest BCUT2D eigenvalue weighted by molar-refractivity contribution is 6.18.